The molecule has 3 heteroatoms. The fourth-order valence-corrected chi connectivity index (χ4v) is 1.30. The van der Waals surface area contributed by atoms with Gasteiger partial charge in [0.05, 0.1) is 0 Å². The topological polar surface area (TPSA) is 46.3 Å². The van der Waals surface area contributed by atoms with Crippen LogP contribution in [0.3, 0.4) is 0 Å². The second-order valence-electron chi connectivity index (χ2n) is 3.96. The minimum absolute atomic E-state index is 0.335. The third-order valence-electron chi connectivity index (χ3n) is 2.10. The Balaban J connectivity index is 2.37. The van der Waals surface area contributed by atoms with Gasteiger partial charge in [0.1, 0.15) is 17.6 Å². The lowest BCUT2D eigenvalue weighted by Crippen LogP contribution is -2.15. The molecule has 1 aromatic carbocycles. The van der Waals surface area contributed by atoms with Crippen molar-refractivity contribution < 1.29 is 9.52 Å². The van der Waals surface area contributed by atoms with Crippen LogP contribution in [0.15, 0.2) is 41.0 Å². The van der Waals surface area contributed by atoms with E-state index in [0.29, 0.717) is 5.89 Å². The normalized spacial score (nSPS) is 11.7. The van der Waals surface area contributed by atoms with Gasteiger partial charge < -0.3 is 9.52 Å². The number of hydrogen-bond acceptors (Lipinski definition) is 3. The molecule has 0 radical (unpaired) electrons. The molecule has 2 rings (SSSR count). The number of aliphatic hydroxyl groups is 1. The van der Waals surface area contributed by atoms with Crippen LogP contribution in [0, 0.1) is 0 Å². The molecule has 2 aromatic rings. The number of benzene rings is 1. The Morgan fingerprint density at radius 3 is 2.40 bits per heavy atom. The fraction of sp³-hybridized carbons (Fsp3) is 0.250. The minimum atomic E-state index is -1.03. The van der Waals surface area contributed by atoms with E-state index in [4.69, 9.17) is 4.42 Å². The molecule has 1 N–H and O–H groups in total. The van der Waals surface area contributed by atoms with Crippen molar-refractivity contribution in [3.63, 3.8) is 0 Å². The standard InChI is InChI=1S/C12H13NO2/c1-12(2,14)11-13-10(8-15-11)9-6-4-3-5-7-9/h3-8,14H,1-2H3. The van der Waals surface area contributed by atoms with Crippen molar-refractivity contribution in [3.8, 4) is 11.3 Å². The Hall–Kier alpha value is -1.61. The molecule has 15 heavy (non-hydrogen) atoms. The Labute approximate surface area is 88.4 Å². The third kappa shape index (κ3) is 2.07. The Bertz CT molecular complexity index is 440. The summed E-state index contributed by atoms with van der Waals surface area (Å²) in [5.74, 6) is 0.335. The van der Waals surface area contributed by atoms with Gasteiger partial charge in [-0.05, 0) is 13.8 Å². The highest BCUT2D eigenvalue weighted by Gasteiger charge is 2.22. The molecule has 0 bridgehead atoms. The van der Waals surface area contributed by atoms with E-state index in [0.717, 1.165) is 11.3 Å². The average molecular weight is 203 g/mol. The highest BCUT2D eigenvalue weighted by Crippen LogP contribution is 2.23. The number of oxazole rings is 1. The molecule has 0 saturated heterocycles. The summed E-state index contributed by atoms with van der Waals surface area (Å²) >= 11 is 0. The Kier molecular flexibility index (Phi) is 2.32. The summed E-state index contributed by atoms with van der Waals surface area (Å²) < 4.78 is 5.22. The summed E-state index contributed by atoms with van der Waals surface area (Å²) in [6.45, 7) is 3.29. The van der Waals surface area contributed by atoms with Crippen molar-refractivity contribution in [1.82, 2.24) is 4.98 Å². The summed E-state index contributed by atoms with van der Waals surface area (Å²) in [6, 6.07) is 9.72. The Morgan fingerprint density at radius 1 is 1.20 bits per heavy atom. The molecule has 0 saturated carbocycles. The zero-order valence-electron chi connectivity index (χ0n) is 8.77. The van der Waals surface area contributed by atoms with Gasteiger partial charge in [-0.15, -0.1) is 0 Å². The lowest BCUT2D eigenvalue weighted by Gasteiger charge is -2.10. The van der Waals surface area contributed by atoms with Crippen molar-refractivity contribution in [2.75, 3.05) is 0 Å². The molecule has 0 spiro atoms. The fourth-order valence-electron chi connectivity index (χ4n) is 1.30. The number of hydrogen-bond donors (Lipinski definition) is 1. The van der Waals surface area contributed by atoms with Crippen molar-refractivity contribution in [2.24, 2.45) is 0 Å². The Morgan fingerprint density at radius 2 is 1.87 bits per heavy atom. The zero-order valence-corrected chi connectivity index (χ0v) is 8.77. The van der Waals surface area contributed by atoms with Gasteiger partial charge in [0.2, 0.25) is 5.89 Å². The molecule has 78 valence electrons. The van der Waals surface area contributed by atoms with E-state index in [1.54, 1.807) is 20.1 Å². The van der Waals surface area contributed by atoms with Gasteiger partial charge in [0, 0.05) is 5.56 Å². The molecule has 0 aliphatic carbocycles. The van der Waals surface area contributed by atoms with Crippen LogP contribution in [0.25, 0.3) is 11.3 Å². The SMILES string of the molecule is CC(C)(O)c1nc(-c2ccccc2)co1. The molecule has 0 amide bonds. The molecular formula is C12H13NO2. The van der Waals surface area contributed by atoms with E-state index >= 15 is 0 Å². The van der Waals surface area contributed by atoms with Gasteiger partial charge in [0.25, 0.3) is 0 Å². The molecule has 0 aliphatic heterocycles. The zero-order chi connectivity index (χ0) is 10.9. The van der Waals surface area contributed by atoms with Crippen molar-refractivity contribution >= 4 is 0 Å². The highest BCUT2D eigenvalue weighted by molar-refractivity contribution is 5.57. The first-order valence-corrected chi connectivity index (χ1v) is 4.81. The summed E-state index contributed by atoms with van der Waals surface area (Å²) in [7, 11) is 0. The number of aromatic nitrogens is 1. The molecular weight excluding hydrogens is 190 g/mol. The van der Waals surface area contributed by atoms with Crippen LogP contribution in [0.2, 0.25) is 0 Å². The third-order valence-corrected chi connectivity index (χ3v) is 2.10. The van der Waals surface area contributed by atoms with Crippen molar-refractivity contribution in [1.29, 1.82) is 0 Å². The maximum Gasteiger partial charge on any atom is 0.226 e. The van der Waals surface area contributed by atoms with Crippen LogP contribution in [0.5, 0.6) is 0 Å². The molecule has 1 aromatic heterocycles. The van der Waals surface area contributed by atoms with Gasteiger partial charge in [-0.25, -0.2) is 4.98 Å². The second-order valence-corrected chi connectivity index (χ2v) is 3.96. The van der Waals surface area contributed by atoms with Crippen LogP contribution in [-0.4, -0.2) is 10.1 Å². The first kappa shape index (κ1) is 9.93. The van der Waals surface area contributed by atoms with E-state index in [9.17, 15) is 5.11 Å². The summed E-state index contributed by atoms with van der Waals surface area (Å²) in [5.41, 5.74) is 0.692. The number of rotatable bonds is 2. The molecule has 0 unspecified atom stereocenters. The highest BCUT2D eigenvalue weighted by atomic mass is 16.4. The minimum Gasteiger partial charge on any atom is -0.445 e. The summed E-state index contributed by atoms with van der Waals surface area (Å²) in [6.07, 6.45) is 1.56. The average Bonchev–Trinajstić information content (AvgIpc) is 2.67. The van der Waals surface area contributed by atoms with Crippen LogP contribution in [-0.2, 0) is 5.60 Å². The maximum atomic E-state index is 9.69. The first-order chi connectivity index (χ1) is 7.07. The monoisotopic (exact) mass is 203 g/mol. The van der Waals surface area contributed by atoms with Crippen LogP contribution >= 0.6 is 0 Å². The summed E-state index contributed by atoms with van der Waals surface area (Å²) in [4.78, 5) is 4.24. The quantitative estimate of drug-likeness (QED) is 0.815. The predicted molar refractivity (Wildman–Crippen MR) is 57.2 cm³/mol. The second kappa shape index (κ2) is 3.51. The van der Waals surface area contributed by atoms with E-state index < -0.39 is 5.60 Å². The van der Waals surface area contributed by atoms with Gasteiger partial charge in [-0.1, -0.05) is 30.3 Å². The lowest BCUT2D eigenvalue weighted by atomic mass is 10.1. The van der Waals surface area contributed by atoms with E-state index in [2.05, 4.69) is 4.98 Å². The first-order valence-electron chi connectivity index (χ1n) is 4.81. The molecule has 0 fully saturated rings. The molecule has 3 nitrogen and oxygen atoms in total. The number of nitrogens with zero attached hydrogens (tertiary/aromatic N) is 1. The van der Waals surface area contributed by atoms with E-state index in [1.807, 2.05) is 30.3 Å². The smallest absolute Gasteiger partial charge is 0.226 e. The van der Waals surface area contributed by atoms with E-state index in [1.165, 1.54) is 0 Å². The van der Waals surface area contributed by atoms with Crippen LogP contribution < -0.4 is 0 Å². The molecule has 0 atom stereocenters. The summed E-state index contributed by atoms with van der Waals surface area (Å²) in [5, 5.41) is 9.69. The van der Waals surface area contributed by atoms with Crippen LogP contribution in [0.4, 0.5) is 0 Å². The molecule has 1 heterocycles. The molecule has 0 aliphatic rings. The van der Waals surface area contributed by atoms with Crippen molar-refractivity contribution in [3.05, 3.63) is 42.5 Å². The van der Waals surface area contributed by atoms with Gasteiger partial charge in [-0.3, -0.25) is 0 Å². The predicted octanol–water partition coefficient (Wildman–Crippen LogP) is 2.57. The van der Waals surface area contributed by atoms with Gasteiger partial charge >= 0.3 is 0 Å². The van der Waals surface area contributed by atoms with E-state index in [-0.39, 0.29) is 0 Å². The van der Waals surface area contributed by atoms with Gasteiger partial charge in [-0.2, -0.15) is 0 Å². The van der Waals surface area contributed by atoms with Crippen molar-refractivity contribution in [2.45, 2.75) is 19.4 Å². The van der Waals surface area contributed by atoms with Crippen LogP contribution in [0.1, 0.15) is 19.7 Å². The lowest BCUT2D eigenvalue weighted by molar-refractivity contribution is 0.0483. The van der Waals surface area contributed by atoms with Gasteiger partial charge in [0.15, 0.2) is 0 Å². The largest absolute Gasteiger partial charge is 0.445 e. The maximum absolute atomic E-state index is 9.69.